The molecule has 2 aromatic rings. The second-order valence-corrected chi connectivity index (χ2v) is 4.01. The van der Waals surface area contributed by atoms with Crippen molar-refractivity contribution >= 4 is 0 Å². The topological polar surface area (TPSA) is 50.9 Å². The summed E-state index contributed by atoms with van der Waals surface area (Å²) in [6, 6.07) is 6.61. The van der Waals surface area contributed by atoms with E-state index >= 15 is 0 Å². The van der Waals surface area contributed by atoms with Crippen LogP contribution < -0.4 is 11.3 Å². The van der Waals surface area contributed by atoms with Crippen LogP contribution in [-0.4, -0.2) is 4.98 Å². The van der Waals surface area contributed by atoms with Gasteiger partial charge in [-0.3, -0.25) is 16.3 Å². The number of pyridine rings is 1. The van der Waals surface area contributed by atoms with Gasteiger partial charge in [-0.1, -0.05) is 12.1 Å². The molecule has 2 rings (SSSR count). The van der Waals surface area contributed by atoms with Gasteiger partial charge in [-0.15, -0.1) is 0 Å². The van der Waals surface area contributed by atoms with Crippen molar-refractivity contribution in [3.05, 3.63) is 65.2 Å². The molecule has 0 saturated carbocycles. The van der Waals surface area contributed by atoms with Crippen LogP contribution in [0.1, 0.15) is 17.3 Å². The molecule has 0 aliphatic rings. The first-order valence-corrected chi connectivity index (χ1v) is 5.63. The van der Waals surface area contributed by atoms with Crippen LogP contribution in [0.3, 0.4) is 0 Å². The average Bonchev–Trinajstić information content (AvgIpc) is 2.44. The fourth-order valence-electron chi connectivity index (χ4n) is 1.80. The highest BCUT2D eigenvalue weighted by Crippen LogP contribution is 2.23. The van der Waals surface area contributed by atoms with Crippen LogP contribution in [0.25, 0.3) is 0 Å². The van der Waals surface area contributed by atoms with Crippen molar-refractivity contribution in [2.24, 2.45) is 5.84 Å². The van der Waals surface area contributed by atoms with E-state index in [0.717, 1.165) is 6.07 Å². The molecule has 1 atom stereocenters. The predicted octanol–water partition coefficient (Wildman–Crippen LogP) is 2.25. The van der Waals surface area contributed by atoms with Crippen LogP contribution in [0, 0.1) is 17.5 Å². The molecule has 0 bridgehead atoms. The van der Waals surface area contributed by atoms with E-state index in [2.05, 4.69) is 10.4 Å². The minimum absolute atomic E-state index is 0.0351. The van der Waals surface area contributed by atoms with Crippen molar-refractivity contribution in [1.82, 2.24) is 10.4 Å². The Morgan fingerprint density at radius 1 is 1.11 bits per heavy atom. The zero-order valence-electron chi connectivity index (χ0n) is 9.91. The number of hydrazine groups is 1. The molecule has 19 heavy (non-hydrogen) atoms. The van der Waals surface area contributed by atoms with Crippen LogP contribution in [0.5, 0.6) is 0 Å². The summed E-state index contributed by atoms with van der Waals surface area (Å²) in [7, 11) is 0. The lowest BCUT2D eigenvalue weighted by Crippen LogP contribution is -2.30. The van der Waals surface area contributed by atoms with E-state index in [1.165, 1.54) is 6.07 Å². The maximum Gasteiger partial charge on any atom is 0.194 e. The molecule has 1 heterocycles. The molecule has 1 aromatic heterocycles. The monoisotopic (exact) mass is 267 g/mol. The van der Waals surface area contributed by atoms with Gasteiger partial charge in [0.15, 0.2) is 17.5 Å². The van der Waals surface area contributed by atoms with E-state index in [9.17, 15) is 13.2 Å². The Hall–Kier alpha value is -1.92. The first kappa shape index (κ1) is 13.5. The number of nitrogens with zero attached hydrogens (tertiary/aromatic N) is 1. The summed E-state index contributed by atoms with van der Waals surface area (Å²) in [4.78, 5) is 4.08. The van der Waals surface area contributed by atoms with Crippen molar-refractivity contribution in [1.29, 1.82) is 0 Å². The van der Waals surface area contributed by atoms with Gasteiger partial charge in [0.2, 0.25) is 0 Å². The van der Waals surface area contributed by atoms with Crippen molar-refractivity contribution in [3.8, 4) is 0 Å². The van der Waals surface area contributed by atoms with Gasteiger partial charge in [-0.25, -0.2) is 13.2 Å². The number of nitrogens with one attached hydrogen (secondary N) is 1. The quantitative estimate of drug-likeness (QED) is 0.507. The number of rotatable bonds is 4. The Kier molecular flexibility index (Phi) is 4.13. The van der Waals surface area contributed by atoms with Gasteiger partial charge in [0.25, 0.3) is 0 Å². The molecule has 0 amide bonds. The fraction of sp³-hybridized carbons (Fsp3) is 0.154. The van der Waals surface area contributed by atoms with E-state index < -0.39 is 23.5 Å². The molecule has 0 radical (unpaired) electrons. The first-order chi connectivity index (χ1) is 9.13. The van der Waals surface area contributed by atoms with Gasteiger partial charge in [0.05, 0.1) is 6.04 Å². The van der Waals surface area contributed by atoms with E-state index in [1.807, 2.05) is 0 Å². The SMILES string of the molecule is NNC(Cc1ccccn1)c1ccc(F)c(F)c1F. The van der Waals surface area contributed by atoms with Crippen LogP contribution in [-0.2, 0) is 6.42 Å². The Morgan fingerprint density at radius 2 is 1.89 bits per heavy atom. The van der Waals surface area contributed by atoms with Crippen LogP contribution in [0.2, 0.25) is 0 Å². The van der Waals surface area contributed by atoms with Gasteiger partial charge < -0.3 is 0 Å². The first-order valence-electron chi connectivity index (χ1n) is 5.63. The molecule has 6 heteroatoms. The third-order valence-electron chi connectivity index (χ3n) is 2.78. The fourth-order valence-corrected chi connectivity index (χ4v) is 1.80. The molecule has 100 valence electrons. The summed E-state index contributed by atoms with van der Waals surface area (Å²) in [5.74, 6) is 1.38. The van der Waals surface area contributed by atoms with E-state index in [4.69, 9.17) is 5.84 Å². The number of benzene rings is 1. The van der Waals surface area contributed by atoms with E-state index in [-0.39, 0.29) is 12.0 Å². The Balaban J connectivity index is 2.30. The number of aromatic nitrogens is 1. The normalized spacial score (nSPS) is 12.4. The van der Waals surface area contributed by atoms with Gasteiger partial charge in [0, 0.05) is 23.9 Å². The number of hydrogen-bond acceptors (Lipinski definition) is 3. The molecule has 3 nitrogen and oxygen atoms in total. The van der Waals surface area contributed by atoms with Crippen LogP contribution in [0.4, 0.5) is 13.2 Å². The summed E-state index contributed by atoms with van der Waals surface area (Å²) >= 11 is 0. The highest BCUT2D eigenvalue weighted by molar-refractivity contribution is 5.25. The number of hydrogen-bond donors (Lipinski definition) is 2. The van der Waals surface area contributed by atoms with Gasteiger partial charge >= 0.3 is 0 Å². The molecule has 1 aromatic carbocycles. The standard InChI is InChI=1S/C13H12F3N3/c14-10-5-4-9(12(15)13(10)16)11(19-17)7-8-3-1-2-6-18-8/h1-6,11,19H,7,17H2. The summed E-state index contributed by atoms with van der Waals surface area (Å²) < 4.78 is 39.7. The Labute approximate surface area is 108 Å². The highest BCUT2D eigenvalue weighted by atomic mass is 19.2. The molecule has 3 N–H and O–H groups in total. The largest absolute Gasteiger partial charge is 0.271 e. The number of nitrogens with two attached hydrogens (primary N) is 1. The maximum atomic E-state index is 13.7. The van der Waals surface area contributed by atoms with Gasteiger partial charge in [-0.2, -0.15) is 0 Å². The lowest BCUT2D eigenvalue weighted by Gasteiger charge is -2.17. The Morgan fingerprint density at radius 3 is 2.53 bits per heavy atom. The highest BCUT2D eigenvalue weighted by Gasteiger charge is 2.20. The Bertz CT molecular complexity index is 561. The van der Waals surface area contributed by atoms with Gasteiger partial charge in [0.1, 0.15) is 0 Å². The zero-order chi connectivity index (χ0) is 13.8. The smallest absolute Gasteiger partial charge is 0.194 e. The minimum Gasteiger partial charge on any atom is -0.271 e. The van der Waals surface area contributed by atoms with Crippen LogP contribution in [0.15, 0.2) is 36.5 Å². The second-order valence-electron chi connectivity index (χ2n) is 4.01. The zero-order valence-corrected chi connectivity index (χ0v) is 9.91. The number of halogens is 3. The van der Waals surface area contributed by atoms with E-state index in [0.29, 0.717) is 5.69 Å². The molecule has 0 spiro atoms. The molecule has 1 unspecified atom stereocenters. The lowest BCUT2D eigenvalue weighted by atomic mass is 10.0. The minimum atomic E-state index is -1.50. The molecular weight excluding hydrogens is 255 g/mol. The summed E-state index contributed by atoms with van der Waals surface area (Å²) in [5, 5.41) is 0. The van der Waals surface area contributed by atoms with Crippen molar-refractivity contribution in [2.75, 3.05) is 0 Å². The molecule has 0 aliphatic carbocycles. The van der Waals surface area contributed by atoms with Crippen molar-refractivity contribution < 1.29 is 13.2 Å². The molecular formula is C13H12F3N3. The second kappa shape index (κ2) is 5.81. The summed E-state index contributed by atoms with van der Waals surface area (Å²) in [6.45, 7) is 0. The predicted molar refractivity (Wildman–Crippen MR) is 64.3 cm³/mol. The third kappa shape index (κ3) is 2.91. The maximum absolute atomic E-state index is 13.7. The van der Waals surface area contributed by atoms with Gasteiger partial charge in [-0.05, 0) is 18.2 Å². The van der Waals surface area contributed by atoms with Crippen molar-refractivity contribution in [3.63, 3.8) is 0 Å². The lowest BCUT2D eigenvalue weighted by molar-refractivity contribution is 0.424. The molecule has 0 aliphatic heterocycles. The van der Waals surface area contributed by atoms with E-state index in [1.54, 1.807) is 24.4 Å². The van der Waals surface area contributed by atoms with Crippen molar-refractivity contribution in [2.45, 2.75) is 12.5 Å². The van der Waals surface area contributed by atoms with Crippen LogP contribution >= 0.6 is 0 Å². The average molecular weight is 267 g/mol. The molecule has 0 fully saturated rings. The third-order valence-corrected chi connectivity index (χ3v) is 2.78. The molecule has 0 saturated heterocycles. The summed E-state index contributed by atoms with van der Waals surface area (Å²) in [6.07, 6.45) is 1.85. The summed E-state index contributed by atoms with van der Waals surface area (Å²) in [5.41, 5.74) is 3.01.